The highest BCUT2D eigenvalue weighted by molar-refractivity contribution is 7.47. The maximum absolute atomic E-state index is 12.0. The van der Waals surface area contributed by atoms with Crippen LogP contribution in [0, 0.1) is 0 Å². The van der Waals surface area contributed by atoms with Crippen LogP contribution in [0.5, 0.6) is 0 Å². The Labute approximate surface area is 133 Å². The molecule has 0 bridgehead atoms. The molecule has 1 aliphatic rings. The average molecular weight is 343 g/mol. The van der Waals surface area contributed by atoms with Crippen LogP contribution in [0.1, 0.15) is 13.2 Å². The second-order valence-electron chi connectivity index (χ2n) is 5.28. The van der Waals surface area contributed by atoms with E-state index in [-0.39, 0.29) is 0 Å². The van der Waals surface area contributed by atoms with Crippen molar-refractivity contribution in [2.75, 3.05) is 20.9 Å². The van der Waals surface area contributed by atoms with Gasteiger partial charge in [-0.1, -0.05) is 4.57 Å². The van der Waals surface area contributed by atoms with Gasteiger partial charge in [-0.15, -0.1) is 0 Å². The first-order valence-corrected chi connectivity index (χ1v) is 8.77. The number of hydrogen-bond donors (Lipinski definition) is 1. The van der Waals surface area contributed by atoms with Crippen molar-refractivity contribution < 1.29 is 18.8 Å². The van der Waals surface area contributed by atoms with Crippen molar-refractivity contribution in [2.24, 2.45) is 0 Å². The number of methoxy groups -OCH3 is 2. The summed E-state index contributed by atoms with van der Waals surface area (Å²) in [4.78, 5) is 25.4. The van der Waals surface area contributed by atoms with E-state index in [0.29, 0.717) is 0 Å². The number of hydrogen-bond acceptors (Lipinski definition) is 6. The van der Waals surface area contributed by atoms with Crippen molar-refractivity contribution >= 4 is 7.80 Å². The molecule has 1 aromatic heterocycles. The molecule has 2 rings (SSSR count). The third-order valence-electron chi connectivity index (χ3n) is 3.69. The Morgan fingerprint density at radius 1 is 1.35 bits per heavy atom. The standard InChI is InChI=1S/C14H19N2O6P/c1-8(7-23(4)19)10-11(20-2)12(21-3)13(22-10)16-6-5-9(17)15-14(16)18/h5-7,10-13H,1-4H3/p+1/b8-7+/t10-,11?,12?,13-/m1/s1. The maximum Gasteiger partial charge on any atom is 0.366 e. The van der Waals surface area contributed by atoms with Gasteiger partial charge in [-0.25, -0.2) is 4.79 Å². The number of nitrogens with zero attached hydrogens (tertiary/aromatic N) is 1. The molecule has 126 valence electrons. The number of rotatable bonds is 5. The van der Waals surface area contributed by atoms with Gasteiger partial charge in [-0.05, 0) is 6.92 Å². The van der Waals surface area contributed by atoms with E-state index in [1.165, 1.54) is 31.0 Å². The minimum atomic E-state index is -1.48. The Bertz CT molecular complexity index is 724. The summed E-state index contributed by atoms with van der Waals surface area (Å²) in [6.07, 6.45) is -0.960. The van der Waals surface area contributed by atoms with E-state index in [4.69, 9.17) is 14.2 Å². The molecule has 1 aliphatic heterocycles. The van der Waals surface area contributed by atoms with E-state index < -0.39 is 43.6 Å². The van der Waals surface area contributed by atoms with Gasteiger partial charge in [-0.2, -0.15) is 0 Å². The molecule has 0 saturated carbocycles. The highest BCUT2D eigenvalue weighted by Crippen LogP contribution is 2.36. The van der Waals surface area contributed by atoms with Gasteiger partial charge in [0, 0.05) is 32.1 Å². The molecule has 0 amide bonds. The monoisotopic (exact) mass is 343 g/mol. The smallest absolute Gasteiger partial charge is 0.366 e. The lowest BCUT2D eigenvalue weighted by atomic mass is 10.0. The summed E-state index contributed by atoms with van der Waals surface area (Å²) in [6, 6.07) is 1.23. The highest BCUT2D eigenvalue weighted by Gasteiger charge is 2.47. The van der Waals surface area contributed by atoms with Crippen LogP contribution in [0.4, 0.5) is 0 Å². The van der Waals surface area contributed by atoms with E-state index in [9.17, 15) is 14.2 Å². The van der Waals surface area contributed by atoms with Crippen molar-refractivity contribution in [1.29, 1.82) is 0 Å². The van der Waals surface area contributed by atoms with Crippen LogP contribution in [0.3, 0.4) is 0 Å². The molecule has 0 aromatic carbocycles. The van der Waals surface area contributed by atoms with Crippen LogP contribution in [0.15, 0.2) is 33.2 Å². The van der Waals surface area contributed by atoms with Crippen LogP contribution in [-0.2, 0) is 18.8 Å². The first kappa shape index (κ1) is 17.7. The quantitative estimate of drug-likeness (QED) is 0.795. The third kappa shape index (κ3) is 3.67. The predicted octanol–water partition coefficient (Wildman–Crippen LogP) is 0.825. The van der Waals surface area contributed by atoms with Crippen LogP contribution in [0.25, 0.3) is 0 Å². The van der Waals surface area contributed by atoms with E-state index in [1.54, 1.807) is 19.4 Å². The second kappa shape index (κ2) is 7.31. The highest BCUT2D eigenvalue weighted by atomic mass is 31.1. The fourth-order valence-corrected chi connectivity index (χ4v) is 3.45. The van der Waals surface area contributed by atoms with Crippen molar-refractivity contribution in [3.63, 3.8) is 0 Å². The Morgan fingerprint density at radius 2 is 2.00 bits per heavy atom. The lowest BCUT2D eigenvalue weighted by Crippen LogP contribution is -2.39. The van der Waals surface area contributed by atoms with Gasteiger partial charge in [0.1, 0.15) is 25.0 Å². The van der Waals surface area contributed by atoms with E-state index in [2.05, 4.69) is 4.98 Å². The van der Waals surface area contributed by atoms with Crippen molar-refractivity contribution in [1.82, 2.24) is 9.55 Å². The number of ether oxygens (including phenoxy) is 3. The van der Waals surface area contributed by atoms with Crippen molar-refractivity contribution in [2.45, 2.75) is 31.5 Å². The zero-order chi connectivity index (χ0) is 17.1. The molecule has 9 heteroatoms. The average Bonchev–Trinajstić information content (AvgIpc) is 2.84. The molecule has 23 heavy (non-hydrogen) atoms. The molecule has 8 nitrogen and oxygen atoms in total. The Kier molecular flexibility index (Phi) is 5.64. The summed E-state index contributed by atoms with van der Waals surface area (Å²) in [7, 11) is 1.53. The van der Waals surface area contributed by atoms with Gasteiger partial charge >= 0.3 is 13.5 Å². The number of nitrogens with one attached hydrogen (secondary N) is 1. The predicted molar refractivity (Wildman–Crippen MR) is 84.1 cm³/mol. The normalized spacial score (nSPS) is 28.9. The minimum Gasteiger partial charge on any atom is -0.375 e. The van der Waals surface area contributed by atoms with Crippen LogP contribution >= 0.6 is 7.80 Å². The number of aromatic nitrogens is 2. The second-order valence-corrected chi connectivity index (χ2v) is 6.64. The summed E-state index contributed by atoms with van der Waals surface area (Å²) in [6.45, 7) is 3.38. The molecule has 1 N–H and O–H groups in total. The SMILES string of the molecule is COC1C(OC)[C@H](n2ccc(=O)[nH]c2=O)O[C@@H]1/C(C)=C/[P+](C)=O. The van der Waals surface area contributed by atoms with Crippen molar-refractivity contribution in [3.05, 3.63) is 44.5 Å². The largest absolute Gasteiger partial charge is 0.375 e. The minimum absolute atomic E-state index is 0.477. The third-order valence-corrected chi connectivity index (χ3v) is 4.46. The van der Waals surface area contributed by atoms with Gasteiger partial charge in [0.15, 0.2) is 12.0 Å². The van der Waals surface area contributed by atoms with Crippen LogP contribution in [0.2, 0.25) is 0 Å². The molecule has 0 aliphatic carbocycles. The molecular formula is C14H20N2O6P+. The zero-order valence-electron chi connectivity index (χ0n) is 13.4. The Balaban J connectivity index is 2.43. The van der Waals surface area contributed by atoms with Gasteiger partial charge in [-0.3, -0.25) is 14.3 Å². The Morgan fingerprint density at radius 3 is 2.52 bits per heavy atom. The molecule has 5 atom stereocenters. The van der Waals surface area contributed by atoms with Gasteiger partial charge in [0.25, 0.3) is 5.56 Å². The summed E-state index contributed by atoms with van der Waals surface area (Å²) in [5, 5.41) is 0. The molecule has 2 heterocycles. The number of H-pyrrole nitrogens is 1. The lowest BCUT2D eigenvalue weighted by molar-refractivity contribution is -0.0539. The van der Waals surface area contributed by atoms with E-state index in [0.717, 1.165) is 5.57 Å². The van der Waals surface area contributed by atoms with Gasteiger partial charge in [0.2, 0.25) is 0 Å². The van der Waals surface area contributed by atoms with Gasteiger partial charge in [0.05, 0.1) is 0 Å². The first-order chi connectivity index (χ1) is 10.9. The van der Waals surface area contributed by atoms with Gasteiger partial charge < -0.3 is 14.2 Å². The molecule has 3 unspecified atom stereocenters. The summed E-state index contributed by atoms with van der Waals surface area (Å²) in [5.74, 6) is 1.61. The van der Waals surface area contributed by atoms with E-state index in [1.807, 2.05) is 0 Å². The summed E-state index contributed by atoms with van der Waals surface area (Å²) >= 11 is 0. The van der Waals surface area contributed by atoms with Crippen molar-refractivity contribution in [3.8, 4) is 0 Å². The molecule has 0 spiro atoms. The van der Waals surface area contributed by atoms with Crippen LogP contribution in [-0.4, -0.2) is 48.7 Å². The maximum atomic E-state index is 12.0. The first-order valence-electron chi connectivity index (χ1n) is 6.99. The molecule has 0 radical (unpaired) electrons. The zero-order valence-corrected chi connectivity index (χ0v) is 14.3. The fraction of sp³-hybridized carbons (Fsp3) is 0.571. The summed E-state index contributed by atoms with van der Waals surface area (Å²) in [5.41, 5.74) is -0.345. The molecule has 1 saturated heterocycles. The summed E-state index contributed by atoms with van der Waals surface area (Å²) < 4.78 is 29.6. The fourth-order valence-electron chi connectivity index (χ4n) is 2.73. The molecular weight excluding hydrogens is 323 g/mol. The Hall–Kier alpha value is -1.60. The molecule has 1 fully saturated rings. The molecule has 1 aromatic rings. The topological polar surface area (TPSA) is 99.6 Å². The lowest BCUT2D eigenvalue weighted by Gasteiger charge is -2.22. The number of aromatic amines is 1. The van der Waals surface area contributed by atoms with Crippen LogP contribution < -0.4 is 11.2 Å². The van der Waals surface area contributed by atoms with E-state index >= 15 is 0 Å².